The predicted octanol–water partition coefficient (Wildman–Crippen LogP) is 7.22. The molecule has 0 aliphatic heterocycles. The zero-order valence-electron chi connectivity index (χ0n) is 17.5. The van der Waals surface area contributed by atoms with Gasteiger partial charge in [-0.2, -0.15) is 0 Å². The number of rotatable bonds is 6. The van der Waals surface area contributed by atoms with Gasteiger partial charge in [-0.05, 0) is 32.0 Å². The third-order valence-corrected chi connectivity index (χ3v) is 6.27. The number of nitrogens with zero attached hydrogens (tertiary/aromatic N) is 4. The number of fused-ring (bicyclic) bond motifs is 1. The summed E-state index contributed by atoms with van der Waals surface area (Å²) in [5.74, 6) is 1.94. The Hall–Kier alpha value is -2.85. The van der Waals surface area contributed by atoms with Gasteiger partial charge in [-0.1, -0.05) is 35.1 Å². The molecule has 0 aliphatic rings. The van der Waals surface area contributed by atoms with Crippen molar-refractivity contribution in [3.05, 3.63) is 71.6 Å². The topological polar surface area (TPSA) is 86.0 Å². The van der Waals surface area contributed by atoms with Crippen molar-refractivity contribution in [2.45, 2.75) is 23.6 Å². The van der Waals surface area contributed by atoms with Crippen LogP contribution in [0.5, 0.6) is 11.5 Å². The third kappa shape index (κ3) is 5.56. The molecule has 5 aromatic rings. The van der Waals surface area contributed by atoms with Crippen molar-refractivity contribution >= 4 is 70.0 Å². The summed E-state index contributed by atoms with van der Waals surface area (Å²) in [7, 11) is 0. The first-order valence-corrected chi connectivity index (χ1v) is 11.2. The molecule has 33 heavy (non-hydrogen) atoms. The number of hydrogen-bond acceptors (Lipinski definition) is 9. The molecule has 4 heterocycles. The summed E-state index contributed by atoms with van der Waals surface area (Å²) in [6, 6.07) is 13.5. The molecular formula is C22H19Cl2N5O2S2. The second kappa shape index (κ2) is 10.8. The van der Waals surface area contributed by atoms with Gasteiger partial charge in [-0.3, -0.25) is 0 Å². The molecular weight excluding hydrogens is 501 g/mol. The molecule has 5 rings (SSSR count). The zero-order chi connectivity index (χ0) is 21.2. The van der Waals surface area contributed by atoms with E-state index in [2.05, 4.69) is 25.4 Å². The molecule has 0 atom stereocenters. The molecule has 0 radical (unpaired) electrons. The van der Waals surface area contributed by atoms with E-state index in [4.69, 9.17) is 9.26 Å². The Balaban J connectivity index is 0.00000153. The van der Waals surface area contributed by atoms with Crippen LogP contribution in [0.25, 0.3) is 11.1 Å². The van der Waals surface area contributed by atoms with Crippen LogP contribution in [0.1, 0.15) is 11.4 Å². The zero-order valence-corrected chi connectivity index (χ0v) is 20.8. The number of aryl methyl sites for hydroxylation is 2. The number of halogens is 2. The van der Waals surface area contributed by atoms with Crippen LogP contribution in [0.15, 0.2) is 74.6 Å². The normalized spacial score (nSPS) is 10.4. The Morgan fingerprint density at radius 2 is 1.88 bits per heavy atom. The quantitative estimate of drug-likeness (QED) is 0.251. The van der Waals surface area contributed by atoms with Crippen molar-refractivity contribution < 1.29 is 9.26 Å². The monoisotopic (exact) mass is 519 g/mol. The van der Waals surface area contributed by atoms with Crippen molar-refractivity contribution in [3.63, 3.8) is 0 Å². The highest BCUT2D eigenvalue weighted by molar-refractivity contribution is 7.99. The SMILES string of the molecule is Cc1csc(Nc2ncc(Sc3ccnc4onc(C)c34)cc2Oc2ccccc2)n1.Cl.Cl. The van der Waals surface area contributed by atoms with E-state index in [1.807, 2.05) is 61.7 Å². The fraction of sp³-hybridized carbons (Fsp3) is 0.0909. The molecule has 0 unspecified atom stereocenters. The number of thiazole rings is 1. The average Bonchev–Trinajstić information content (AvgIpc) is 3.36. The Kier molecular flexibility index (Phi) is 8.15. The van der Waals surface area contributed by atoms with Crippen LogP contribution in [-0.2, 0) is 0 Å². The van der Waals surface area contributed by atoms with Gasteiger partial charge >= 0.3 is 0 Å². The molecule has 0 spiro atoms. The second-order valence-electron chi connectivity index (χ2n) is 6.71. The number of ether oxygens (including phenoxy) is 1. The maximum atomic E-state index is 6.16. The fourth-order valence-corrected chi connectivity index (χ4v) is 4.66. The van der Waals surface area contributed by atoms with Gasteiger partial charge in [-0.25, -0.2) is 15.0 Å². The smallest absolute Gasteiger partial charge is 0.259 e. The molecule has 0 bridgehead atoms. The Bertz CT molecular complexity index is 1360. The number of anilines is 2. The van der Waals surface area contributed by atoms with Crippen molar-refractivity contribution in [1.82, 2.24) is 20.1 Å². The van der Waals surface area contributed by atoms with Gasteiger partial charge in [0.05, 0.1) is 16.8 Å². The molecule has 170 valence electrons. The fourth-order valence-electron chi connectivity index (χ4n) is 2.98. The number of benzene rings is 1. The van der Waals surface area contributed by atoms with E-state index in [1.54, 1.807) is 24.2 Å². The van der Waals surface area contributed by atoms with E-state index in [-0.39, 0.29) is 24.8 Å². The van der Waals surface area contributed by atoms with E-state index < -0.39 is 0 Å². The lowest BCUT2D eigenvalue weighted by Crippen LogP contribution is -1.97. The highest BCUT2D eigenvalue weighted by Gasteiger charge is 2.15. The maximum absolute atomic E-state index is 6.16. The lowest BCUT2D eigenvalue weighted by atomic mass is 10.3. The Morgan fingerprint density at radius 1 is 1.06 bits per heavy atom. The van der Waals surface area contributed by atoms with Crippen LogP contribution in [0.3, 0.4) is 0 Å². The summed E-state index contributed by atoms with van der Waals surface area (Å²) < 4.78 is 11.4. The maximum Gasteiger partial charge on any atom is 0.259 e. The number of nitrogens with one attached hydrogen (secondary N) is 1. The number of hydrogen-bond donors (Lipinski definition) is 1. The number of aromatic nitrogens is 4. The summed E-state index contributed by atoms with van der Waals surface area (Å²) in [5, 5.41) is 10.9. The van der Waals surface area contributed by atoms with Crippen molar-refractivity contribution in [1.29, 1.82) is 0 Å². The number of para-hydroxylation sites is 1. The van der Waals surface area contributed by atoms with E-state index in [9.17, 15) is 0 Å². The minimum atomic E-state index is 0. The van der Waals surface area contributed by atoms with Crippen LogP contribution in [0, 0.1) is 13.8 Å². The highest BCUT2D eigenvalue weighted by Crippen LogP contribution is 2.38. The first-order valence-electron chi connectivity index (χ1n) is 9.46. The van der Waals surface area contributed by atoms with Crippen molar-refractivity contribution in [2.75, 3.05) is 5.32 Å². The standard InChI is InChI=1S/C22H17N5O2S2.2ClH/c1-13-12-30-22(25-13)26-20-17(28-15-6-4-3-5-7-15)10-16(11-24-20)31-18-8-9-23-21-19(18)14(2)27-29-21;;/h3-12H,1-2H3,(H,24,25,26);2*1H. The highest BCUT2D eigenvalue weighted by atomic mass is 35.5. The third-order valence-electron chi connectivity index (χ3n) is 4.38. The van der Waals surface area contributed by atoms with Crippen LogP contribution >= 0.6 is 47.9 Å². The summed E-state index contributed by atoms with van der Waals surface area (Å²) in [4.78, 5) is 15.2. The Morgan fingerprint density at radius 3 is 2.64 bits per heavy atom. The average molecular weight is 520 g/mol. The molecule has 4 aromatic heterocycles. The van der Waals surface area contributed by atoms with Crippen LogP contribution in [0.2, 0.25) is 0 Å². The van der Waals surface area contributed by atoms with E-state index >= 15 is 0 Å². The van der Waals surface area contributed by atoms with Gasteiger partial charge in [0.25, 0.3) is 5.71 Å². The van der Waals surface area contributed by atoms with Crippen LogP contribution < -0.4 is 10.1 Å². The lowest BCUT2D eigenvalue weighted by Gasteiger charge is -2.12. The molecule has 1 aromatic carbocycles. The van der Waals surface area contributed by atoms with Crippen molar-refractivity contribution in [2.24, 2.45) is 0 Å². The van der Waals surface area contributed by atoms with Gasteiger partial charge in [0.15, 0.2) is 16.7 Å². The van der Waals surface area contributed by atoms with Crippen molar-refractivity contribution in [3.8, 4) is 11.5 Å². The largest absolute Gasteiger partial charge is 0.453 e. The molecule has 0 fully saturated rings. The van der Waals surface area contributed by atoms with Crippen LogP contribution in [0.4, 0.5) is 10.9 Å². The van der Waals surface area contributed by atoms with Gasteiger partial charge in [0.2, 0.25) is 0 Å². The summed E-state index contributed by atoms with van der Waals surface area (Å²) in [5.41, 5.74) is 2.28. The van der Waals surface area contributed by atoms with Gasteiger partial charge < -0.3 is 14.6 Å². The first-order chi connectivity index (χ1) is 15.2. The molecule has 11 heteroatoms. The Labute approximate surface area is 210 Å². The second-order valence-corrected chi connectivity index (χ2v) is 8.68. The van der Waals surface area contributed by atoms with Gasteiger partial charge in [-0.15, -0.1) is 36.2 Å². The minimum Gasteiger partial charge on any atom is -0.453 e. The van der Waals surface area contributed by atoms with E-state index in [1.165, 1.54) is 11.3 Å². The number of pyridine rings is 2. The molecule has 0 saturated heterocycles. The molecule has 1 N–H and O–H groups in total. The van der Waals surface area contributed by atoms with Crippen LogP contribution in [-0.4, -0.2) is 20.1 Å². The lowest BCUT2D eigenvalue weighted by molar-refractivity contribution is 0.443. The van der Waals surface area contributed by atoms with Gasteiger partial charge in [0, 0.05) is 33.6 Å². The van der Waals surface area contributed by atoms with E-state index in [0.717, 1.165) is 37.4 Å². The first kappa shape index (κ1) is 24.8. The molecule has 0 saturated carbocycles. The summed E-state index contributed by atoms with van der Waals surface area (Å²) in [6.45, 7) is 3.86. The summed E-state index contributed by atoms with van der Waals surface area (Å²) in [6.07, 6.45) is 3.52. The minimum absolute atomic E-state index is 0. The molecule has 7 nitrogen and oxygen atoms in total. The van der Waals surface area contributed by atoms with Gasteiger partial charge in [0.1, 0.15) is 5.75 Å². The molecule has 0 aliphatic carbocycles. The predicted molar refractivity (Wildman–Crippen MR) is 136 cm³/mol. The molecule has 0 amide bonds. The van der Waals surface area contributed by atoms with E-state index in [0.29, 0.717) is 17.3 Å². The summed E-state index contributed by atoms with van der Waals surface area (Å²) >= 11 is 3.08.